The van der Waals surface area contributed by atoms with Gasteiger partial charge in [-0.3, -0.25) is 9.69 Å². The Morgan fingerprint density at radius 2 is 1.90 bits per heavy atom. The van der Waals surface area contributed by atoms with Gasteiger partial charge in [-0.15, -0.1) is 0 Å². The first-order chi connectivity index (χ1) is 4.46. The zero-order valence-electron chi connectivity index (χ0n) is 6.40. The van der Waals surface area contributed by atoms with Gasteiger partial charge < -0.3 is 10.2 Å². The number of hydrogen-bond acceptors (Lipinski definition) is 3. The second kappa shape index (κ2) is 3.53. The Kier molecular flexibility index (Phi) is 3.32. The minimum absolute atomic E-state index is 0.806. The summed E-state index contributed by atoms with van der Waals surface area (Å²) in [6.45, 7) is 1.46. The SMILES string of the molecule is C[C@H](O)[C@@H](C(=O)O)N(C)C. The Labute approximate surface area is 60.1 Å². The van der Waals surface area contributed by atoms with Gasteiger partial charge in [-0.05, 0) is 21.0 Å². The third-order valence-electron chi connectivity index (χ3n) is 1.27. The van der Waals surface area contributed by atoms with Gasteiger partial charge >= 0.3 is 5.97 Å². The van der Waals surface area contributed by atoms with Crippen molar-refractivity contribution < 1.29 is 15.0 Å². The summed E-state index contributed by atoms with van der Waals surface area (Å²) in [5.74, 6) is -1.00. The molecule has 0 aliphatic heterocycles. The van der Waals surface area contributed by atoms with Crippen molar-refractivity contribution >= 4 is 5.97 Å². The van der Waals surface area contributed by atoms with E-state index in [-0.39, 0.29) is 0 Å². The number of aliphatic hydroxyl groups is 1. The van der Waals surface area contributed by atoms with Gasteiger partial charge in [0, 0.05) is 0 Å². The fourth-order valence-corrected chi connectivity index (χ4v) is 0.859. The van der Waals surface area contributed by atoms with Gasteiger partial charge in [0.1, 0.15) is 6.04 Å². The van der Waals surface area contributed by atoms with Gasteiger partial charge in [0.15, 0.2) is 0 Å². The molecule has 2 N–H and O–H groups in total. The quantitative estimate of drug-likeness (QED) is 0.558. The van der Waals surface area contributed by atoms with E-state index >= 15 is 0 Å². The first-order valence-corrected chi connectivity index (χ1v) is 3.04. The summed E-state index contributed by atoms with van der Waals surface area (Å²) in [4.78, 5) is 11.8. The minimum Gasteiger partial charge on any atom is -0.480 e. The molecule has 2 atom stereocenters. The topological polar surface area (TPSA) is 60.8 Å². The number of rotatable bonds is 3. The molecule has 0 amide bonds. The second-order valence-electron chi connectivity index (χ2n) is 2.49. The maximum atomic E-state index is 10.4. The lowest BCUT2D eigenvalue weighted by molar-refractivity contribution is -0.145. The van der Waals surface area contributed by atoms with Crippen molar-refractivity contribution in [3.63, 3.8) is 0 Å². The van der Waals surface area contributed by atoms with Crippen LogP contribution in [0.1, 0.15) is 6.92 Å². The van der Waals surface area contributed by atoms with Crippen LogP contribution >= 0.6 is 0 Å². The van der Waals surface area contributed by atoms with Gasteiger partial charge in [0.2, 0.25) is 0 Å². The third-order valence-corrected chi connectivity index (χ3v) is 1.27. The van der Waals surface area contributed by atoms with E-state index in [4.69, 9.17) is 10.2 Å². The summed E-state index contributed by atoms with van der Waals surface area (Å²) in [5.41, 5.74) is 0. The highest BCUT2D eigenvalue weighted by Gasteiger charge is 2.24. The van der Waals surface area contributed by atoms with E-state index in [2.05, 4.69) is 0 Å². The first-order valence-electron chi connectivity index (χ1n) is 3.04. The zero-order valence-corrected chi connectivity index (χ0v) is 6.40. The highest BCUT2D eigenvalue weighted by Crippen LogP contribution is 1.99. The Hall–Kier alpha value is -0.610. The Balaban J connectivity index is 4.12. The molecule has 0 fully saturated rings. The molecule has 0 unspecified atom stereocenters. The van der Waals surface area contributed by atoms with Crippen LogP contribution in [0.25, 0.3) is 0 Å². The van der Waals surface area contributed by atoms with Crippen LogP contribution in [0.15, 0.2) is 0 Å². The molecule has 0 radical (unpaired) electrons. The van der Waals surface area contributed by atoms with Crippen LogP contribution in [-0.2, 0) is 4.79 Å². The van der Waals surface area contributed by atoms with Crippen LogP contribution in [0.5, 0.6) is 0 Å². The molecular weight excluding hydrogens is 134 g/mol. The molecule has 0 aromatic rings. The Bertz CT molecular complexity index is 114. The summed E-state index contributed by atoms with van der Waals surface area (Å²) < 4.78 is 0. The molecule has 0 aromatic carbocycles. The molecule has 4 heteroatoms. The predicted molar refractivity (Wildman–Crippen MR) is 36.8 cm³/mol. The average molecular weight is 147 g/mol. The molecule has 0 saturated heterocycles. The van der Waals surface area contributed by atoms with Crippen LogP contribution in [0, 0.1) is 0 Å². The van der Waals surface area contributed by atoms with Crippen molar-refractivity contribution in [3.05, 3.63) is 0 Å². The summed E-state index contributed by atoms with van der Waals surface area (Å²) in [6.07, 6.45) is -0.840. The van der Waals surface area contributed by atoms with Crippen molar-refractivity contribution in [2.24, 2.45) is 0 Å². The van der Waals surface area contributed by atoms with E-state index in [0.29, 0.717) is 0 Å². The smallest absolute Gasteiger partial charge is 0.323 e. The normalized spacial score (nSPS) is 16.9. The Morgan fingerprint density at radius 3 is 1.90 bits per heavy atom. The third kappa shape index (κ3) is 2.33. The number of aliphatic hydroxyl groups excluding tert-OH is 1. The molecule has 0 heterocycles. The van der Waals surface area contributed by atoms with Crippen molar-refractivity contribution in [1.29, 1.82) is 0 Å². The van der Waals surface area contributed by atoms with Gasteiger partial charge in [-0.2, -0.15) is 0 Å². The van der Waals surface area contributed by atoms with Crippen LogP contribution in [0.4, 0.5) is 0 Å². The molecule has 10 heavy (non-hydrogen) atoms. The number of likely N-dealkylation sites (N-methyl/N-ethyl adjacent to an activating group) is 1. The van der Waals surface area contributed by atoms with Crippen molar-refractivity contribution in [2.45, 2.75) is 19.1 Å². The van der Waals surface area contributed by atoms with E-state index in [9.17, 15) is 4.79 Å². The molecule has 0 spiro atoms. The summed E-state index contributed by atoms with van der Waals surface area (Å²) >= 11 is 0. The zero-order chi connectivity index (χ0) is 8.31. The van der Waals surface area contributed by atoms with E-state index in [1.165, 1.54) is 11.8 Å². The van der Waals surface area contributed by atoms with E-state index in [0.717, 1.165) is 0 Å². The standard InChI is InChI=1S/C6H13NO3/c1-4(8)5(6(9)10)7(2)3/h4-5,8H,1-3H3,(H,9,10)/t4-,5-/m0/s1. The molecular formula is C6H13NO3. The van der Waals surface area contributed by atoms with Crippen molar-refractivity contribution in [2.75, 3.05) is 14.1 Å². The molecule has 0 saturated carbocycles. The number of carbonyl (C=O) groups is 1. The molecule has 4 nitrogen and oxygen atoms in total. The van der Waals surface area contributed by atoms with Gasteiger partial charge in [0.25, 0.3) is 0 Å². The number of nitrogens with zero attached hydrogens (tertiary/aromatic N) is 1. The van der Waals surface area contributed by atoms with E-state index < -0.39 is 18.1 Å². The largest absolute Gasteiger partial charge is 0.480 e. The monoisotopic (exact) mass is 147 g/mol. The minimum atomic E-state index is -1.00. The lowest BCUT2D eigenvalue weighted by Gasteiger charge is -2.21. The fourth-order valence-electron chi connectivity index (χ4n) is 0.859. The highest BCUT2D eigenvalue weighted by molar-refractivity contribution is 5.74. The molecule has 0 aromatic heterocycles. The van der Waals surface area contributed by atoms with Gasteiger partial charge in [-0.1, -0.05) is 0 Å². The number of carboxylic acid groups (broad SMARTS) is 1. The van der Waals surface area contributed by atoms with Crippen molar-refractivity contribution in [3.8, 4) is 0 Å². The summed E-state index contributed by atoms with van der Waals surface area (Å²) in [7, 11) is 3.23. The maximum Gasteiger partial charge on any atom is 0.323 e. The fraction of sp³-hybridized carbons (Fsp3) is 0.833. The van der Waals surface area contributed by atoms with Crippen LogP contribution in [0.3, 0.4) is 0 Å². The highest BCUT2D eigenvalue weighted by atomic mass is 16.4. The molecule has 60 valence electrons. The molecule has 0 aliphatic carbocycles. The average Bonchev–Trinajstić information content (AvgIpc) is 1.59. The Morgan fingerprint density at radius 1 is 1.50 bits per heavy atom. The van der Waals surface area contributed by atoms with Crippen LogP contribution in [-0.4, -0.2) is 47.3 Å². The number of hydrogen-bond donors (Lipinski definition) is 2. The molecule has 0 bridgehead atoms. The first kappa shape index (κ1) is 9.39. The van der Waals surface area contributed by atoms with E-state index in [1.54, 1.807) is 14.1 Å². The molecule has 0 aliphatic rings. The van der Waals surface area contributed by atoms with Crippen LogP contribution < -0.4 is 0 Å². The number of aliphatic carboxylic acids is 1. The summed E-state index contributed by atoms with van der Waals surface area (Å²) in [6, 6.07) is -0.806. The van der Waals surface area contributed by atoms with Gasteiger partial charge in [0.05, 0.1) is 6.10 Å². The lowest BCUT2D eigenvalue weighted by Crippen LogP contribution is -2.43. The predicted octanol–water partition coefficient (Wildman–Crippen LogP) is -0.618. The van der Waals surface area contributed by atoms with E-state index in [1.807, 2.05) is 0 Å². The number of carboxylic acids is 1. The van der Waals surface area contributed by atoms with Crippen molar-refractivity contribution in [1.82, 2.24) is 4.90 Å². The second-order valence-corrected chi connectivity index (χ2v) is 2.49. The van der Waals surface area contributed by atoms with Gasteiger partial charge in [-0.25, -0.2) is 0 Å². The maximum absolute atomic E-state index is 10.4. The summed E-state index contributed by atoms with van der Waals surface area (Å²) in [5, 5.41) is 17.4. The lowest BCUT2D eigenvalue weighted by atomic mass is 10.2. The molecule has 0 rings (SSSR count). The van der Waals surface area contributed by atoms with Crippen LogP contribution in [0.2, 0.25) is 0 Å².